The molecular formula is C15H21F3. The summed E-state index contributed by atoms with van der Waals surface area (Å²) in [7, 11) is 0. The molecule has 0 amide bonds. The van der Waals surface area contributed by atoms with Crippen LogP contribution in [0.2, 0.25) is 0 Å². The molecule has 1 unspecified atom stereocenters. The zero-order valence-electron chi connectivity index (χ0n) is 11.1. The molecule has 0 nitrogen and oxygen atoms in total. The number of halogens is 3. The van der Waals surface area contributed by atoms with E-state index in [1.807, 2.05) is 0 Å². The highest BCUT2D eigenvalue weighted by Gasteiger charge is 2.45. The first-order chi connectivity index (χ1) is 8.33. The van der Waals surface area contributed by atoms with Crippen molar-refractivity contribution >= 4 is 0 Å². The number of allylic oxidation sites excluding steroid dienone is 4. The average Bonchev–Trinajstić information content (AvgIpc) is 2.28. The lowest BCUT2D eigenvalue weighted by molar-refractivity contribution is -0.186. The van der Waals surface area contributed by atoms with Gasteiger partial charge >= 0.3 is 6.18 Å². The van der Waals surface area contributed by atoms with Crippen LogP contribution in [-0.2, 0) is 0 Å². The van der Waals surface area contributed by atoms with Gasteiger partial charge in [0.25, 0.3) is 0 Å². The predicted octanol–water partition coefficient (Wildman–Crippen LogP) is 5.27. The average molecular weight is 258 g/mol. The largest absolute Gasteiger partial charge is 0.391 e. The minimum atomic E-state index is -4.01. The van der Waals surface area contributed by atoms with Gasteiger partial charge in [-0.3, -0.25) is 0 Å². The first-order valence-electron chi connectivity index (χ1n) is 6.77. The maximum absolute atomic E-state index is 12.7. The van der Waals surface area contributed by atoms with E-state index in [1.165, 1.54) is 5.57 Å². The van der Waals surface area contributed by atoms with Crippen molar-refractivity contribution in [1.29, 1.82) is 0 Å². The Morgan fingerprint density at radius 3 is 2.33 bits per heavy atom. The van der Waals surface area contributed by atoms with Crippen molar-refractivity contribution in [2.75, 3.05) is 0 Å². The molecule has 2 rings (SSSR count). The summed E-state index contributed by atoms with van der Waals surface area (Å²) in [6.07, 6.45) is 5.24. The molecule has 0 aliphatic heterocycles. The van der Waals surface area contributed by atoms with Crippen LogP contribution in [-0.4, -0.2) is 6.18 Å². The lowest BCUT2D eigenvalue weighted by Gasteiger charge is -2.42. The van der Waals surface area contributed by atoms with Gasteiger partial charge in [-0.05, 0) is 43.4 Å². The zero-order valence-corrected chi connectivity index (χ0v) is 11.1. The smallest absolute Gasteiger partial charge is 0.171 e. The van der Waals surface area contributed by atoms with Gasteiger partial charge in [-0.25, -0.2) is 0 Å². The molecule has 2 aliphatic rings. The van der Waals surface area contributed by atoms with E-state index in [0.717, 1.165) is 6.42 Å². The van der Waals surface area contributed by atoms with Crippen LogP contribution < -0.4 is 0 Å². The number of rotatable bonds is 1. The van der Waals surface area contributed by atoms with Crippen molar-refractivity contribution < 1.29 is 13.2 Å². The van der Waals surface area contributed by atoms with E-state index in [1.54, 1.807) is 0 Å². The maximum atomic E-state index is 12.7. The van der Waals surface area contributed by atoms with E-state index in [-0.39, 0.29) is 18.3 Å². The van der Waals surface area contributed by atoms with Gasteiger partial charge in [0, 0.05) is 0 Å². The first kappa shape index (κ1) is 13.7. The SMILES string of the molecule is CC1CC=CC=C1C1(C)CCC(C(F)(F)F)CC1. The lowest BCUT2D eigenvalue weighted by Crippen LogP contribution is -2.34. The van der Waals surface area contributed by atoms with Gasteiger partial charge in [0.05, 0.1) is 5.92 Å². The van der Waals surface area contributed by atoms with Gasteiger partial charge in [0.1, 0.15) is 0 Å². The molecule has 102 valence electrons. The number of hydrogen-bond donors (Lipinski definition) is 0. The summed E-state index contributed by atoms with van der Waals surface area (Å²) in [4.78, 5) is 0. The molecule has 0 aromatic heterocycles. The van der Waals surface area contributed by atoms with Crippen molar-refractivity contribution in [1.82, 2.24) is 0 Å². The Labute approximate surface area is 107 Å². The minimum absolute atomic E-state index is 0.0219. The predicted molar refractivity (Wildman–Crippen MR) is 67.1 cm³/mol. The highest BCUT2D eigenvalue weighted by Crippen LogP contribution is 2.50. The quantitative estimate of drug-likeness (QED) is 0.601. The standard InChI is InChI=1S/C15H21F3/c1-11-5-3-4-6-13(11)14(2)9-7-12(8-10-14)15(16,17)18/h3-4,6,11-12H,5,7-10H2,1-2H3. The fraction of sp³-hybridized carbons (Fsp3) is 0.733. The van der Waals surface area contributed by atoms with Crippen LogP contribution in [0.25, 0.3) is 0 Å². The monoisotopic (exact) mass is 258 g/mol. The lowest BCUT2D eigenvalue weighted by atomic mass is 9.63. The van der Waals surface area contributed by atoms with Gasteiger partial charge in [-0.1, -0.05) is 37.6 Å². The van der Waals surface area contributed by atoms with E-state index < -0.39 is 12.1 Å². The topological polar surface area (TPSA) is 0 Å². The van der Waals surface area contributed by atoms with Crippen LogP contribution in [0.3, 0.4) is 0 Å². The van der Waals surface area contributed by atoms with Gasteiger partial charge < -0.3 is 0 Å². The third kappa shape index (κ3) is 2.65. The van der Waals surface area contributed by atoms with Crippen LogP contribution in [0.1, 0.15) is 46.0 Å². The maximum Gasteiger partial charge on any atom is 0.391 e. The molecule has 0 N–H and O–H groups in total. The van der Waals surface area contributed by atoms with Crippen LogP contribution in [0.4, 0.5) is 13.2 Å². The van der Waals surface area contributed by atoms with E-state index in [4.69, 9.17) is 0 Å². The Balaban J connectivity index is 2.07. The Kier molecular flexibility index (Phi) is 3.61. The van der Waals surface area contributed by atoms with Gasteiger partial charge in [0.15, 0.2) is 0 Å². The van der Waals surface area contributed by atoms with E-state index in [2.05, 4.69) is 32.1 Å². The summed E-state index contributed by atoms with van der Waals surface area (Å²) < 4.78 is 38.1. The highest BCUT2D eigenvalue weighted by molar-refractivity contribution is 5.26. The zero-order chi connectivity index (χ0) is 13.4. The normalized spacial score (nSPS) is 37.5. The summed E-state index contributed by atoms with van der Waals surface area (Å²) >= 11 is 0. The summed E-state index contributed by atoms with van der Waals surface area (Å²) in [5, 5.41) is 0. The van der Waals surface area contributed by atoms with Crippen LogP contribution in [0.5, 0.6) is 0 Å². The van der Waals surface area contributed by atoms with Crippen molar-refractivity contribution in [3.8, 4) is 0 Å². The summed E-state index contributed by atoms with van der Waals surface area (Å²) in [6, 6.07) is 0. The Morgan fingerprint density at radius 2 is 1.83 bits per heavy atom. The molecule has 1 fully saturated rings. The molecule has 1 atom stereocenters. The minimum Gasteiger partial charge on any atom is -0.171 e. The summed E-state index contributed by atoms with van der Waals surface area (Å²) in [6.45, 7) is 4.32. The molecule has 1 saturated carbocycles. The van der Waals surface area contributed by atoms with Crippen molar-refractivity contribution in [2.45, 2.75) is 52.1 Å². The Bertz CT molecular complexity index is 354. The van der Waals surface area contributed by atoms with Gasteiger partial charge in [-0.2, -0.15) is 13.2 Å². The molecular weight excluding hydrogens is 237 g/mol. The molecule has 18 heavy (non-hydrogen) atoms. The summed E-state index contributed by atoms with van der Waals surface area (Å²) in [5.74, 6) is -0.608. The van der Waals surface area contributed by atoms with Gasteiger partial charge in [-0.15, -0.1) is 0 Å². The molecule has 0 radical (unpaired) electrons. The number of alkyl halides is 3. The highest BCUT2D eigenvalue weighted by atomic mass is 19.4. The Hall–Kier alpha value is -0.730. The molecule has 2 aliphatic carbocycles. The van der Waals surface area contributed by atoms with Crippen molar-refractivity contribution in [3.63, 3.8) is 0 Å². The molecule has 3 heteroatoms. The van der Waals surface area contributed by atoms with Crippen molar-refractivity contribution in [3.05, 3.63) is 23.8 Å². The second-order valence-corrected chi connectivity index (χ2v) is 6.06. The first-order valence-corrected chi connectivity index (χ1v) is 6.77. The third-order valence-corrected chi connectivity index (χ3v) is 4.68. The molecule has 0 aromatic rings. The molecule has 0 spiro atoms. The van der Waals surface area contributed by atoms with E-state index in [0.29, 0.717) is 18.8 Å². The fourth-order valence-corrected chi connectivity index (χ4v) is 3.41. The number of hydrogen-bond acceptors (Lipinski definition) is 0. The van der Waals surface area contributed by atoms with Gasteiger partial charge in [0.2, 0.25) is 0 Å². The van der Waals surface area contributed by atoms with Crippen LogP contribution in [0.15, 0.2) is 23.8 Å². The molecule has 0 aromatic carbocycles. The van der Waals surface area contributed by atoms with Crippen molar-refractivity contribution in [2.24, 2.45) is 17.3 Å². The molecule has 0 heterocycles. The molecule has 0 bridgehead atoms. The van der Waals surface area contributed by atoms with E-state index in [9.17, 15) is 13.2 Å². The summed E-state index contributed by atoms with van der Waals surface area (Å²) in [5.41, 5.74) is 1.33. The molecule has 0 saturated heterocycles. The second kappa shape index (κ2) is 4.75. The van der Waals surface area contributed by atoms with Crippen LogP contribution >= 0.6 is 0 Å². The van der Waals surface area contributed by atoms with E-state index >= 15 is 0 Å². The van der Waals surface area contributed by atoms with Crippen LogP contribution in [0, 0.1) is 17.3 Å². The third-order valence-electron chi connectivity index (χ3n) is 4.68. The second-order valence-electron chi connectivity index (χ2n) is 6.06. The fourth-order valence-electron chi connectivity index (χ4n) is 3.41. The Morgan fingerprint density at radius 1 is 1.22 bits per heavy atom.